The lowest BCUT2D eigenvalue weighted by Crippen LogP contribution is -2.41. The van der Waals surface area contributed by atoms with Crippen molar-refractivity contribution < 1.29 is 14.3 Å². The van der Waals surface area contributed by atoms with Crippen molar-refractivity contribution in [2.24, 2.45) is 5.92 Å². The maximum Gasteiger partial charge on any atom is 0.287 e. The van der Waals surface area contributed by atoms with Gasteiger partial charge in [0.1, 0.15) is 5.76 Å². The zero-order chi connectivity index (χ0) is 14.5. The highest BCUT2D eigenvalue weighted by Gasteiger charge is 2.26. The first-order valence-electron chi connectivity index (χ1n) is 7.60. The fourth-order valence-electron chi connectivity index (χ4n) is 3.03. The predicted octanol–water partition coefficient (Wildman–Crippen LogP) is 2.96. The second kappa shape index (κ2) is 6.93. The summed E-state index contributed by atoms with van der Waals surface area (Å²) in [6.07, 6.45) is 6.63. The van der Waals surface area contributed by atoms with Crippen LogP contribution in [0.5, 0.6) is 0 Å². The quantitative estimate of drug-likeness (QED) is 0.871. The Morgan fingerprint density at radius 3 is 2.65 bits per heavy atom. The van der Waals surface area contributed by atoms with Crippen LogP contribution in [0.3, 0.4) is 0 Å². The summed E-state index contributed by atoms with van der Waals surface area (Å²) in [5.74, 6) is 1.48. The van der Waals surface area contributed by atoms with E-state index in [9.17, 15) is 9.90 Å². The van der Waals surface area contributed by atoms with Gasteiger partial charge in [-0.25, -0.2) is 0 Å². The van der Waals surface area contributed by atoms with E-state index in [-0.39, 0.29) is 18.6 Å². The Kier molecular flexibility index (Phi) is 5.24. The van der Waals surface area contributed by atoms with E-state index in [1.54, 1.807) is 6.07 Å². The standard InChI is InChI=1S/C16H25NO3/c1-11-10-15(20-12(11)2)16(19)17-14(8-9-18)13-6-4-3-5-7-13/h10,13-14,18H,3-9H2,1-2H3,(H,17,19). The Bertz CT molecular complexity index is 427. The molecule has 0 bridgehead atoms. The smallest absolute Gasteiger partial charge is 0.287 e. The van der Waals surface area contributed by atoms with E-state index < -0.39 is 0 Å². The van der Waals surface area contributed by atoms with E-state index in [4.69, 9.17) is 4.42 Å². The lowest BCUT2D eigenvalue weighted by atomic mass is 9.82. The van der Waals surface area contributed by atoms with Gasteiger partial charge in [0.25, 0.3) is 5.91 Å². The first-order valence-corrected chi connectivity index (χ1v) is 7.60. The molecular weight excluding hydrogens is 254 g/mol. The van der Waals surface area contributed by atoms with Crippen LogP contribution in [0.2, 0.25) is 0 Å². The Balaban J connectivity index is 2.01. The monoisotopic (exact) mass is 279 g/mol. The maximum atomic E-state index is 12.3. The van der Waals surface area contributed by atoms with Crippen molar-refractivity contribution in [1.82, 2.24) is 5.32 Å². The lowest BCUT2D eigenvalue weighted by molar-refractivity contribution is 0.0870. The number of aliphatic hydroxyl groups is 1. The van der Waals surface area contributed by atoms with Crippen LogP contribution in [0.4, 0.5) is 0 Å². The van der Waals surface area contributed by atoms with Gasteiger partial charge in [-0.3, -0.25) is 4.79 Å². The fraction of sp³-hybridized carbons (Fsp3) is 0.688. The average molecular weight is 279 g/mol. The molecule has 1 unspecified atom stereocenters. The maximum absolute atomic E-state index is 12.3. The molecule has 2 N–H and O–H groups in total. The number of nitrogens with one attached hydrogen (secondary N) is 1. The van der Waals surface area contributed by atoms with E-state index in [2.05, 4.69) is 5.32 Å². The third-order valence-corrected chi connectivity index (χ3v) is 4.37. The molecule has 1 aromatic rings. The van der Waals surface area contributed by atoms with E-state index in [1.165, 1.54) is 19.3 Å². The summed E-state index contributed by atoms with van der Waals surface area (Å²) < 4.78 is 5.47. The van der Waals surface area contributed by atoms with Gasteiger partial charge >= 0.3 is 0 Å². The highest BCUT2D eigenvalue weighted by Crippen LogP contribution is 2.28. The second-order valence-electron chi connectivity index (χ2n) is 5.84. The number of hydrogen-bond acceptors (Lipinski definition) is 3. The number of carbonyl (C=O) groups excluding carboxylic acids is 1. The summed E-state index contributed by atoms with van der Waals surface area (Å²) in [4.78, 5) is 12.3. The van der Waals surface area contributed by atoms with Crippen molar-refractivity contribution in [3.8, 4) is 0 Å². The summed E-state index contributed by atoms with van der Waals surface area (Å²) in [6, 6.07) is 1.83. The minimum atomic E-state index is -0.162. The van der Waals surface area contributed by atoms with E-state index in [0.29, 0.717) is 18.1 Å². The van der Waals surface area contributed by atoms with Gasteiger partial charge in [0.2, 0.25) is 0 Å². The van der Waals surface area contributed by atoms with Gasteiger partial charge in [-0.05, 0) is 50.7 Å². The van der Waals surface area contributed by atoms with E-state index in [0.717, 1.165) is 24.2 Å². The highest BCUT2D eigenvalue weighted by molar-refractivity contribution is 5.92. The molecule has 0 aromatic carbocycles. The summed E-state index contributed by atoms with van der Waals surface area (Å²) in [5, 5.41) is 12.3. The zero-order valence-corrected chi connectivity index (χ0v) is 12.4. The molecule has 0 aliphatic heterocycles. The van der Waals surface area contributed by atoms with Crippen molar-refractivity contribution >= 4 is 5.91 Å². The fourth-order valence-corrected chi connectivity index (χ4v) is 3.03. The summed E-state index contributed by atoms with van der Waals surface area (Å²) in [7, 11) is 0. The molecule has 0 spiro atoms. The van der Waals surface area contributed by atoms with Crippen molar-refractivity contribution in [2.75, 3.05) is 6.61 Å². The predicted molar refractivity (Wildman–Crippen MR) is 77.7 cm³/mol. The average Bonchev–Trinajstić information content (AvgIpc) is 2.79. The number of rotatable bonds is 5. The molecule has 4 nitrogen and oxygen atoms in total. The Hall–Kier alpha value is -1.29. The molecule has 1 aromatic heterocycles. The Labute approximate surface area is 120 Å². The molecule has 1 atom stereocenters. The molecule has 1 amide bonds. The molecule has 1 aliphatic carbocycles. The van der Waals surface area contributed by atoms with Crippen LogP contribution in [0.15, 0.2) is 10.5 Å². The largest absolute Gasteiger partial charge is 0.456 e. The van der Waals surface area contributed by atoms with Crippen molar-refractivity contribution in [2.45, 2.75) is 58.4 Å². The molecule has 1 fully saturated rings. The number of amides is 1. The Morgan fingerprint density at radius 1 is 1.40 bits per heavy atom. The Morgan fingerprint density at radius 2 is 2.10 bits per heavy atom. The van der Waals surface area contributed by atoms with Crippen molar-refractivity contribution in [1.29, 1.82) is 0 Å². The van der Waals surface area contributed by atoms with Crippen LogP contribution < -0.4 is 5.32 Å². The third kappa shape index (κ3) is 3.63. The SMILES string of the molecule is Cc1cc(C(=O)NC(CCO)C2CCCCC2)oc1C. The van der Waals surface area contributed by atoms with Gasteiger partial charge in [0.05, 0.1) is 0 Å². The highest BCUT2D eigenvalue weighted by atomic mass is 16.3. The van der Waals surface area contributed by atoms with Crippen LogP contribution in [-0.2, 0) is 0 Å². The molecule has 1 heterocycles. The van der Waals surface area contributed by atoms with Gasteiger partial charge < -0.3 is 14.8 Å². The van der Waals surface area contributed by atoms with Crippen LogP contribution in [0, 0.1) is 19.8 Å². The molecular formula is C16H25NO3. The number of aryl methyl sites for hydroxylation is 2. The number of hydrogen-bond donors (Lipinski definition) is 2. The molecule has 0 saturated heterocycles. The molecule has 112 valence electrons. The van der Waals surface area contributed by atoms with Crippen LogP contribution in [0.1, 0.15) is 60.4 Å². The third-order valence-electron chi connectivity index (χ3n) is 4.37. The zero-order valence-electron chi connectivity index (χ0n) is 12.4. The van der Waals surface area contributed by atoms with Crippen LogP contribution in [-0.4, -0.2) is 23.7 Å². The van der Waals surface area contributed by atoms with Crippen LogP contribution >= 0.6 is 0 Å². The minimum Gasteiger partial charge on any atom is -0.456 e. The molecule has 0 radical (unpaired) electrons. The minimum absolute atomic E-state index is 0.0542. The summed E-state index contributed by atoms with van der Waals surface area (Å²) in [6.45, 7) is 3.90. The second-order valence-corrected chi connectivity index (χ2v) is 5.84. The normalized spacial score (nSPS) is 17.9. The van der Waals surface area contributed by atoms with Gasteiger partial charge in [-0.2, -0.15) is 0 Å². The summed E-state index contributed by atoms with van der Waals surface area (Å²) in [5.41, 5.74) is 0.992. The van der Waals surface area contributed by atoms with Gasteiger partial charge in [0, 0.05) is 12.6 Å². The first kappa shape index (κ1) is 15.1. The topological polar surface area (TPSA) is 62.5 Å². The molecule has 1 saturated carbocycles. The van der Waals surface area contributed by atoms with Gasteiger partial charge in [-0.1, -0.05) is 19.3 Å². The molecule has 4 heteroatoms. The van der Waals surface area contributed by atoms with Crippen molar-refractivity contribution in [3.05, 3.63) is 23.2 Å². The molecule has 2 rings (SSSR count). The lowest BCUT2D eigenvalue weighted by Gasteiger charge is -2.30. The van der Waals surface area contributed by atoms with Gasteiger partial charge in [0.15, 0.2) is 5.76 Å². The number of furan rings is 1. The van der Waals surface area contributed by atoms with E-state index in [1.807, 2.05) is 13.8 Å². The summed E-state index contributed by atoms with van der Waals surface area (Å²) >= 11 is 0. The number of aliphatic hydroxyl groups excluding tert-OH is 1. The van der Waals surface area contributed by atoms with Crippen LogP contribution in [0.25, 0.3) is 0 Å². The molecule has 20 heavy (non-hydrogen) atoms. The molecule has 1 aliphatic rings. The first-order chi connectivity index (χ1) is 9.61. The van der Waals surface area contributed by atoms with E-state index >= 15 is 0 Å². The van der Waals surface area contributed by atoms with Crippen molar-refractivity contribution in [3.63, 3.8) is 0 Å². The number of carbonyl (C=O) groups is 1. The van der Waals surface area contributed by atoms with Gasteiger partial charge in [-0.15, -0.1) is 0 Å².